The summed E-state index contributed by atoms with van der Waals surface area (Å²) in [5.41, 5.74) is 0. The van der Waals surface area contributed by atoms with E-state index >= 15 is 0 Å². The topological polar surface area (TPSA) is 26.3 Å². The number of ether oxygens (including phenoxy) is 1. The predicted octanol–water partition coefficient (Wildman–Crippen LogP) is 3.40. The van der Waals surface area contributed by atoms with Gasteiger partial charge in [-0.3, -0.25) is 4.79 Å². The number of hydrogen-bond donors (Lipinski definition) is 0. The van der Waals surface area contributed by atoms with E-state index in [0.29, 0.717) is 18.6 Å². The van der Waals surface area contributed by atoms with Gasteiger partial charge in [0, 0.05) is 6.42 Å². The number of unbranched alkanes of at least 4 members (excludes halogenated alkanes) is 2. The molecule has 0 aromatic heterocycles. The maximum Gasteiger partial charge on any atom is 0.389 e. The number of thioether (sulfide) groups is 1. The molecule has 0 N–H and O–H groups in total. The number of esters is 1. The highest BCUT2D eigenvalue weighted by Crippen LogP contribution is 2.23. The Bertz CT molecular complexity index is 207. The second-order valence-corrected chi connectivity index (χ2v) is 4.91. The Kier molecular flexibility index (Phi) is 7.62. The molecule has 2 nitrogen and oxygen atoms in total. The summed E-state index contributed by atoms with van der Waals surface area (Å²) in [4.78, 5) is 11.0. The SMILES string of the molecule is COC(=O)C(C)SCCCCCC(F)(F)F. The number of methoxy groups -OCH3 is 1. The van der Waals surface area contributed by atoms with Crippen LogP contribution in [0.15, 0.2) is 0 Å². The van der Waals surface area contributed by atoms with Crippen molar-refractivity contribution in [3.8, 4) is 0 Å². The third-order valence-electron chi connectivity index (χ3n) is 2.01. The van der Waals surface area contributed by atoms with Gasteiger partial charge < -0.3 is 4.74 Å². The van der Waals surface area contributed by atoms with Gasteiger partial charge in [-0.05, 0) is 25.5 Å². The van der Waals surface area contributed by atoms with E-state index in [-0.39, 0.29) is 17.6 Å². The molecule has 0 amide bonds. The molecule has 96 valence electrons. The molecule has 0 radical (unpaired) electrons. The lowest BCUT2D eigenvalue weighted by Gasteiger charge is -2.08. The van der Waals surface area contributed by atoms with Gasteiger partial charge in [0.15, 0.2) is 0 Å². The van der Waals surface area contributed by atoms with Crippen molar-refractivity contribution in [3.05, 3.63) is 0 Å². The first-order chi connectivity index (χ1) is 7.37. The summed E-state index contributed by atoms with van der Waals surface area (Å²) < 4.78 is 39.9. The fourth-order valence-corrected chi connectivity index (χ4v) is 2.06. The molecule has 0 aliphatic rings. The zero-order valence-electron chi connectivity index (χ0n) is 9.47. The lowest BCUT2D eigenvalue weighted by molar-refractivity contribution is -0.139. The van der Waals surface area contributed by atoms with Gasteiger partial charge in [0.25, 0.3) is 0 Å². The fourth-order valence-electron chi connectivity index (χ4n) is 1.10. The molecule has 0 rings (SSSR count). The molecule has 0 heterocycles. The minimum atomic E-state index is -4.05. The smallest absolute Gasteiger partial charge is 0.389 e. The molecule has 0 fully saturated rings. The van der Waals surface area contributed by atoms with E-state index in [1.165, 1.54) is 18.9 Å². The number of halogens is 3. The first-order valence-corrected chi connectivity index (χ1v) is 6.18. The van der Waals surface area contributed by atoms with E-state index in [4.69, 9.17) is 0 Å². The van der Waals surface area contributed by atoms with Crippen LogP contribution in [0, 0.1) is 0 Å². The predicted molar refractivity (Wildman–Crippen MR) is 58.5 cm³/mol. The second-order valence-electron chi connectivity index (χ2n) is 3.46. The van der Waals surface area contributed by atoms with E-state index in [1.54, 1.807) is 6.92 Å². The minimum absolute atomic E-state index is 0.163. The molecule has 0 saturated carbocycles. The van der Waals surface area contributed by atoms with Gasteiger partial charge in [-0.2, -0.15) is 13.2 Å². The Morgan fingerprint density at radius 2 is 1.94 bits per heavy atom. The number of carbonyl (C=O) groups excluding carboxylic acids is 1. The summed E-state index contributed by atoms with van der Waals surface area (Å²) >= 11 is 1.41. The van der Waals surface area contributed by atoms with Crippen LogP contribution in [-0.2, 0) is 9.53 Å². The first-order valence-electron chi connectivity index (χ1n) is 5.13. The van der Waals surface area contributed by atoms with Crippen LogP contribution in [-0.4, -0.2) is 30.3 Å². The summed E-state index contributed by atoms with van der Waals surface area (Å²) in [7, 11) is 1.32. The zero-order chi connectivity index (χ0) is 12.6. The number of alkyl halides is 3. The molecule has 0 saturated heterocycles. The maximum atomic E-state index is 11.8. The molecule has 0 aromatic carbocycles. The second kappa shape index (κ2) is 7.81. The van der Waals surface area contributed by atoms with Gasteiger partial charge in [-0.25, -0.2) is 0 Å². The molecular formula is C10H17F3O2S. The Hall–Kier alpha value is -0.390. The molecule has 1 unspecified atom stereocenters. The Morgan fingerprint density at radius 1 is 1.31 bits per heavy atom. The molecule has 0 bridgehead atoms. The summed E-state index contributed by atoms with van der Waals surface area (Å²) in [6.07, 6.45) is -3.37. The van der Waals surface area contributed by atoms with Gasteiger partial charge in [-0.15, -0.1) is 11.8 Å². The highest BCUT2D eigenvalue weighted by molar-refractivity contribution is 8.00. The summed E-state index contributed by atoms with van der Waals surface area (Å²) in [5, 5.41) is -0.243. The number of rotatable bonds is 7. The van der Waals surface area contributed by atoms with E-state index in [2.05, 4.69) is 4.74 Å². The van der Waals surface area contributed by atoms with Crippen molar-refractivity contribution in [3.63, 3.8) is 0 Å². The zero-order valence-corrected chi connectivity index (χ0v) is 10.3. The summed E-state index contributed by atoms with van der Waals surface area (Å²) in [6.45, 7) is 1.73. The highest BCUT2D eigenvalue weighted by atomic mass is 32.2. The van der Waals surface area contributed by atoms with Crippen molar-refractivity contribution in [2.75, 3.05) is 12.9 Å². The normalized spacial score (nSPS) is 13.6. The average Bonchev–Trinajstić information content (AvgIpc) is 2.20. The van der Waals surface area contributed by atoms with Crippen LogP contribution in [0.25, 0.3) is 0 Å². The van der Waals surface area contributed by atoms with Gasteiger partial charge in [-0.1, -0.05) is 6.42 Å². The Labute approximate surface area is 97.9 Å². The van der Waals surface area contributed by atoms with Gasteiger partial charge in [0.1, 0.15) is 0 Å². The monoisotopic (exact) mass is 258 g/mol. The third kappa shape index (κ3) is 8.88. The van der Waals surface area contributed by atoms with Crippen molar-refractivity contribution >= 4 is 17.7 Å². The molecule has 1 atom stereocenters. The quantitative estimate of drug-likeness (QED) is 0.517. The summed E-state index contributed by atoms with van der Waals surface area (Å²) in [6, 6.07) is 0. The van der Waals surface area contributed by atoms with Gasteiger partial charge >= 0.3 is 12.1 Å². The van der Waals surface area contributed by atoms with Crippen LogP contribution in [0.1, 0.15) is 32.6 Å². The van der Waals surface area contributed by atoms with Gasteiger partial charge in [0.05, 0.1) is 12.4 Å². The molecule has 0 aromatic rings. The van der Waals surface area contributed by atoms with Crippen LogP contribution in [0.3, 0.4) is 0 Å². The van der Waals surface area contributed by atoms with Crippen LogP contribution in [0.4, 0.5) is 13.2 Å². The molecular weight excluding hydrogens is 241 g/mol. The van der Waals surface area contributed by atoms with Crippen LogP contribution < -0.4 is 0 Å². The van der Waals surface area contributed by atoms with Crippen LogP contribution in [0.5, 0.6) is 0 Å². The van der Waals surface area contributed by atoms with Crippen molar-refractivity contribution in [1.29, 1.82) is 0 Å². The molecule has 16 heavy (non-hydrogen) atoms. The third-order valence-corrected chi connectivity index (χ3v) is 3.22. The van der Waals surface area contributed by atoms with E-state index < -0.39 is 12.6 Å². The number of carbonyl (C=O) groups is 1. The molecule has 0 spiro atoms. The first kappa shape index (κ1) is 15.6. The summed E-state index contributed by atoms with van der Waals surface area (Å²) in [5.74, 6) is 0.397. The number of hydrogen-bond acceptors (Lipinski definition) is 3. The molecule has 6 heteroatoms. The highest BCUT2D eigenvalue weighted by Gasteiger charge is 2.25. The van der Waals surface area contributed by atoms with Crippen molar-refractivity contribution in [2.45, 2.75) is 44.0 Å². The Balaban J connectivity index is 3.37. The minimum Gasteiger partial charge on any atom is -0.468 e. The van der Waals surface area contributed by atoms with Crippen LogP contribution in [0.2, 0.25) is 0 Å². The van der Waals surface area contributed by atoms with Crippen LogP contribution >= 0.6 is 11.8 Å². The molecule has 0 aliphatic carbocycles. The van der Waals surface area contributed by atoms with Gasteiger partial charge in [0.2, 0.25) is 0 Å². The fraction of sp³-hybridized carbons (Fsp3) is 0.900. The van der Waals surface area contributed by atoms with Crippen molar-refractivity contribution in [1.82, 2.24) is 0 Å². The standard InChI is InChI=1S/C10H17F3O2S/c1-8(9(14)15-2)16-7-5-3-4-6-10(11,12)13/h8H,3-7H2,1-2H3. The largest absolute Gasteiger partial charge is 0.468 e. The van der Waals surface area contributed by atoms with Crippen molar-refractivity contribution in [2.24, 2.45) is 0 Å². The average molecular weight is 258 g/mol. The molecule has 0 aliphatic heterocycles. The van der Waals surface area contributed by atoms with Crippen molar-refractivity contribution < 1.29 is 22.7 Å². The van der Waals surface area contributed by atoms with E-state index in [1.807, 2.05) is 0 Å². The Morgan fingerprint density at radius 3 is 2.44 bits per heavy atom. The van der Waals surface area contributed by atoms with E-state index in [0.717, 1.165) is 0 Å². The van der Waals surface area contributed by atoms with E-state index in [9.17, 15) is 18.0 Å². The maximum absolute atomic E-state index is 11.8. The lowest BCUT2D eigenvalue weighted by atomic mass is 10.2. The lowest BCUT2D eigenvalue weighted by Crippen LogP contribution is -2.15.